The van der Waals surface area contributed by atoms with Gasteiger partial charge in [0.15, 0.2) is 0 Å². The van der Waals surface area contributed by atoms with Crippen LogP contribution in [0.5, 0.6) is 11.6 Å². The first-order valence-corrected chi connectivity index (χ1v) is 6.52. The zero-order valence-corrected chi connectivity index (χ0v) is 12.1. The predicted octanol–water partition coefficient (Wildman–Crippen LogP) is 3.09. The Hall–Kier alpha value is -2.70. The fraction of sp³-hybridized carbons (Fsp3) is 0.286. The maximum atomic E-state index is 11.1. The average Bonchev–Trinajstić information content (AvgIpc) is 2.48. The molecule has 1 aromatic heterocycles. The highest BCUT2D eigenvalue weighted by Gasteiger charge is 2.18. The van der Waals surface area contributed by atoms with Gasteiger partial charge in [0.25, 0.3) is 0 Å². The van der Waals surface area contributed by atoms with Crippen molar-refractivity contribution in [2.75, 3.05) is 12.4 Å². The van der Waals surface area contributed by atoms with Crippen LogP contribution in [0.3, 0.4) is 0 Å². The van der Waals surface area contributed by atoms with E-state index in [0.29, 0.717) is 23.6 Å². The van der Waals surface area contributed by atoms with E-state index < -0.39 is 4.92 Å². The maximum absolute atomic E-state index is 11.1. The normalized spacial score (nSPS) is 10.2. The summed E-state index contributed by atoms with van der Waals surface area (Å²) in [6.07, 6.45) is 0.641. The lowest BCUT2D eigenvalue weighted by molar-refractivity contribution is -0.385. The van der Waals surface area contributed by atoms with Crippen molar-refractivity contribution in [2.24, 2.45) is 0 Å². The van der Waals surface area contributed by atoms with E-state index in [1.165, 1.54) is 6.07 Å². The molecule has 0 radical (unpaired) electrons. The minimum Gasteiger partial charge on any atom is -0.431 e. The topological polar surface area (TPSA) is 90.2 Å². The second-order valence-electron chi connectivity index (χ2n) is 4.39. The molecular formula is C14H16N4O3. The number of para-hydroxylation sites is 1. The van der Waals surface area contributed by atoms with E-state index in [0.717, 1.165) is 0 Å². The van der Waals surface area contributed by atoms with Gasteiger partial charge in [0.1, 0.15) is 11.6 Å². The number of nitrogens with one attached hydrogen (secondary N) is 1. The number of hydrogen-bond acceptors (Lipinski definition) is 6. The maximum Gasteiger partial charge on any atom is 0.311 e. The molecule has 0 amide bonds. The van der Waals surface area contributed by atoms with Crippen LogP contribution in [0.1, 0.15) is 18.3 Å². The van der Waals surface area contributed by atoms with Gasteiger partial charge < -0.3 is 10.1 Å². The fourth-order valence-corrected chi connectivity index (χ4v) is 1.83. The molecule has 0 saturated heterocycles. The summed E-state index contributed by atoms with van der Waals surface area (Å²) in [5.74, 6) is 1.69. The number of hydrogen-bond donors (Lipinski definition) is 1. The van der Waals surface area contributed by atoms with Crippen LogP contribution in [-0.2, 0) is 6.42 Å². The first-order valence-electron chi connectivity index (χ1n) is 6.52. The summed E-state index contributed by atoms with van der Waals surface area (Å²) in [5.41, 5.74) is 0.588. The van der Waals surface area contributed by atoms with E-state index in [-0.39, 0.29) is 17.3 Å². The standard InChI is InChI=1S/C14H16N4O3/c1-4-11-16-12(15-3)8-13(17-11)21-14-9(2)6-5-7-10(14)18(19)20/h5-8H,4H2,1-3H3,(H,15,16,17). The number of rotatable bonds is 5. The van der Waals surface area contributed by atoms with Crippen LogP contribution in [0.25, 0.3) is 0 Å². The SMILES string of the molecule is CCc1nc(NC)cc(Oc2c(C)cccc2[N+](=O)[O-])n1. The van der Waals surface area contributed by atoms with E-state index in [4.69, 9.17) is 4.74 Å². The van der Waals surface area contributed by atoms with Crippen molar-refractivity contribution in [3.8, 4) is 11.6 Å². The molecule has 110 valence electrons. The summed E-state index contributed by atoms with van der Waals surface area (Å²) < 4.78 is 5.65. The van der Waals surface area contributed by atoms with Gasteiger partial charge in [-0.3, -0.25) is 10.1 Å². The third-order valence-electron chi connectivity index (χ3n) is 2.92. The molecule has 0 aliphatic heterocycles. The molecule has 0 fully saturated rings. The van der Waals surface area contributed by atoms with Crippen molar-refractivity contribution in [2.45, 2.75) is 20.3 Å². The summed E-state index contributed by atoms with van der Waals surface area (Å²) in [7, 11) is 1.74. The van der Waals surface area contributed by atoms with E-state index in [1.54, 1.807) is 32.2 Å². The highest BCUT2D eigenvalue weighted by atomic mass is 16.6. The lowest BCUT2D eigenvalue weighted by Crippen LogP contribution is -2.02. The Kier molecular flexibility index (Phi) is 4.32. The predicted molar refractivity (Wildman–Crippen MR) is 78.9 cm³/mol. The van der Waals surface area contributed by atoms with Gasteiger partial charge in [-0.25, -0.2) is 4.98 Å². The molecular weight excluding hydrogens is 272 g/mol. The monoisotopic (exact) mass is 288 g/mol. The summed E-state index contributed by atoms with van der Waals surface area (Å²) in [4.78, 5) is 19.1. The van der Waals surface area contributed by atoms with Crippen LogP contribution < -0.4 is 10.1 Å². The first kappa shape index (κ1) is 14.7. The Morgan fingerprint density at radius 3 is 2.76 bits per heavy atom. The highest BCUT2D eigenvalue weighted by molar-refractivity contribution is 5.53. The van der Waals surface area contributed by atoms with Gasteiger partial charge in [0.2, 0.25) is 11.6 Å². The van der Waals surface area contributed by atoms with Crippen LogP contribution in [0, 0.1) is 17.0 Å². The lowest BCUT2D eigenvalue weighted by Gasteiger charge is -2.10. The van der Waals surface area contributed by atoms with E-state index in [9.17, 15) is 10.1 Å². The van der Waals surface area contributed by atoms with Crippen molar-refractivity contribution < 1.29 is 9.66 Å². The molecule has 0 atom stereocenters. The Balaban J connectivity index is 2.45. The van der Waals surface area contributed by atoms with Gasteiger partial charge in [0, 0.05) is 25.6 Å². The number of aromatic nitrogens is 2. The third kappa shape index (κ3) is 3.25. The van der Waals surface area contributed by atoms with Crippen molar-refractivity contribution in [3.63, 3.8) is 0 Å². The average molecular weight is 288 g/mol. The quantitative estimate of drug-likeness (QED) is 0.671. The summed E-state index contributed by atoms with van der Waals surface area (Å²) in [6.45, 7) is 3.68. The molecule has 2 aromatic rings. The second kappa shape index (κ2) is 6.17. The summed E-state index contributed by atoms with van der Waals surface area (Å²) >= 11 is 0. The molecule has 0 unspecified atom stereocenters. The Morgan fingerprint density at radius 2 is 2.14 bits per heavy atom. The van der Waals surface area contributed by atoms with Crippen LogP contribution in [0.4, 0.5) is 11.5 Å². The van der Waals surface area contributed by atoms with Gasteiger partial charge in [-0.15, -0.1) is 0 Å². The fourth-order valence-electron chi connectivity index (χ4n) is 1.83. The first-order chi connectivity index (χ1) is 10.0. The summed E-state index contributed by atoms with van der Waals surface area (Å²) in [6, 6.07) is 6.39. The number of aryl methyl sites for hydroxylation is 2. The molecule has 21 heavy (non-hydrogen) atoms. The Bertz CT molecular complexity index is 651. The molecule has 0 spiro atoms. The van der Waals surface area contributed by atoms with Crippen molar-refractivity contribution in [1.29, 1.82) is 0 Å². The minimum absolute atomic E-state index is 0.0855. The van der Waals surface area contributed by atoms with Crippen LogP contribution in [-0.4, -0.2) is 21.9 Å². The zero-order valence-electron chi connectivity index (χ0n) is 12.1. The van der Waals surface area contributed by atoms with Crippen LogP contribution >= 0.6 is 0 Å². The van der Waals surface area contributed by atoms with Crippen molar-refractivity contribution in [1.82, 2.24) is 9.97 Å². The smallest absolute Gasteiger partial charge is 0.311 e. The number of nitrogens with zero attached hydrogens (tertiary/aromatic N) is 3. The Morgan fingerprint density at radius 1 is 1.38 bits per heavy atom. The van der Waals surface area contributed by atoms with E-state index >= 15 is 0 Å². The molecule has 2 rings (SSSR count). The van der Waals surface area contributed by atoms with Gasteiger partial charge in [-0.2, -0.15) is 4.98 Å². The van der Waals surface area contributed by atoms with Gasteiger partial charge in [-0.05, 0) is 12.5 Å². The molecule has 7 nitrogen and oxygen atoms in total. The summed E-state index contributed by atoms with van der Waals surface area (Å²) in [5, 5.41) is 14.0. The van der Waals surface area contributed by atoms with Gasteiger partial charge in [0.05, 0.1) is 4.92 Å². The number of nitro benzene ring substituents is 1. The molecule has 0 aliphatic carbocycles. The van der Waals surface area contributed by atoms with E-state index in [1.807, 2.05) is 6.92 Å². The molecule has 1 N–H and O–H groups in total. The number of benzene rings is 1. The lowest BCUT2D eigenvalue weighted by atomic mass is 10.2. The van der Waals surface area contributed by atoms with Gasteiger partial charge >= 0.3 is 5.69 Å². The van der Waals surface area contributed by atoms with Gasteiger partial charge in [-0.1, -0.05) is 19.1 Å². The number of anilines is 1. The number of ether oxygens (including phenoxy) is 1. The molecule has 7 heteroatoms. The molecule has 1 heterocycles. The van der Waals surface area contributed by atoms with Crippen molar-refractivity contribution in [3.05, 3.63) is 45.8 Å². The molecule has 0 saturated carbocycles. The molecule has 1 aromatic carbocycles. The van der Waals surface area contributed by atoms with Crippen LogP contribution in [0.2, 0.25) is 0 Å². The van der Waals surface area contributed by atoms with Crippen LogP contribution in [0.15, 0.2) is 24.3 Å². The zero-order chi connectivity index (χ0) is 15.4. The highest BCUT2D eigenvalue weighted by Crippen LogP contribution is 2.34. The molecule has 0 aliphatic rings. The van der Waals surface area contributed by atoms with Crippen molar-refractivity contribution >= 4 is 11.5 Å². The minimum atomic E-state index is -0.469. The number of nitro groups is 1. The third-order valence-corrected chi connectivity index (χ3v) is 2.92. The van der Waals surface area contributed by atoms with E-state index in [2.05, 4.69) is 15.3 Å². The largest absolute Gasteiger partial charge is 0.431 e. The Labute approximate surface area is 122 Å². The molecule has 0 bridgehead atoms. The second-order valence-corrected chi connectivity index (χ2v) is 4.39.